The van der Waals surface area contributed by atoms with Gasteiger partial charge in [0.2, 0.25) is 5.91 Å². The number of hydrogen-bond donors (Lipinski definition) is 2. The Balaban J connectivity index is 1.97. The maximum absolute atomic E-state index is 11.6. The molecule has 5 nitrogen and oxygen atoms in total. The third-order valence-electron chi connectivity index (χ3n) is 2.21. The molecule has 3 N–H and O–H groups in total. The van der Waals surface area contributed by atoms with Crippen molar-refractivity contribution < 1.29 is 9.59 Å². The van der Waals surface area contributed by atoms with Gasteiger partial charge in [0.15, 0.2) is 5.13 Å². The van der Waals surface area contributed by atoms with Gasteiger partial charge in [0.05, 0.1) is 0 Å². The van der Waals surface area contributed by atoms with Gasteiger partial charge in [0.25, 0.3) is 5.91 Å². The van der Waals surface area contributed by atoms with Crippen LogP contribution in [0, 0.1) is 0 Å². The number of nitrogens with one attached hydrogen (secondary N) is 1. The van der Waals surface area contributed by atoms with E-state index in [-0.39, 0.29) is 11.6 Å². The number of rotatable bonds is 4. The minimum atomic E-state index is -0.614. The minimum Gasteiger partial charge on any atom is -0.364 e. The number of thiazole rings is 1. The minimum absolute atomic E-state index is 0.146. The SMILES string of the molecule is NC(=O)c1csc(NC(=O)C=Cc2ccccc2)n1. The third-order valence-corrected chi connectivity index (χ3v) is 2.97. The molecule has 0 saturated heterocycles. The molecule has 0 unspecified atom stereocenters. The van der Waals surface area contributed by atoms with Crippen molar-refractivity contribution in [3.8, 4) is 0 Å². The van der Waals surface area contributed by atoms with Gasteiger partial charge in [-0.05, 0) is 11.6 Å². The van der Waals surface area contributed by atoms with E-state index >= 15 is 0 Å². The fourth-order valence-electron chi connectivity index (χ4n) is 1.33. The largest absolute Gasteiger partial charge is 0.364 e. The molecule has 0 saturated carbocycles. The highest BCUT2D eigenvalue weighted by Gasteiger charge is 2.07. The van der Waals surface area contributed by atoms with Crippen LogP contribution in [0.3, 0.4) is 0 Å². The van der Waals surface area contributed by atoms with Crippen LogP contribution in [0.15, 0.2) is 41.8 Å². The molecule has 0 bridgehead atoms. The van der Waals surface area contributed by atoms with E-state index < -0.39 is 5.91 Å². The summed E-state index contributed by atoms with van der Waals surface area (Å²) in [5.74, 6) is -0.925. The molecule has 0 radical (unpaired) electrons. The average molecular weight is 273 g/mol. The van der Waals surface area contributed by atoms with Crippen LogP contribution in [0.2, 0.25) is 0 Å². The van der Waals surface area contributed by atoms with Crippen molar-refractivity contribution in [2.24, 2.45) is 5.73 Å². The second-order valence-electron chi connectivity index (χ2n) is 3.64. The molecular formula is C13H11N3O2S. The number of hydrogen-bond acceptors (Lipinski definition) is 4. The molecule has 0 aliphatic heterocycles. The first kappa shape index (κ1) is 13.0. The lowest BCUT2D eigenvalue weighted by molar-refractivity contribution is -0.111. The molecule has 1 aromatic carbocycles. The van der Waals surface area contributed by atoms with E-state index in [0.29, 0.717) is 5.13 Å². The predicted octanol–water partition coefficient (Wildman–Crippen LogP) is 1.89. The lowest BCUT2D eigenvalue weighted by atomic mass is 10.2. The van der Waals surface area contributed by atoms with Crippen molar-refractivity contribution >= 4 is 34.4 Å². The second kappa shape index (κ2) is 5.92. The Morgan fingerprint density at radius 3 is 2.63 bits per heavy atom. The topological polar surface area (TPSA) is 85.1 Å². The number of aromatic nitrogens is 1. The summed E-state index contributed by atoms with van der Waals surface area (Å²) in [5.41, 5.74) is 6.14. The van der Waals surface area contributed by atoms with E-state index in [2.05, 4.69) is 10.3 Å². The number of nitrogens with zero attached hydrogens (tertiary/aromatic N) is 1. The molecule has 0 atom stereocenters. The number of benzene rings is 1. The van der Waals surface area contributed by atoms with Crippen LogP contribution in [0.5, 0.6) is 0 Å². The van der Waals surface area contributed by atoms with Crippen LogP contribution in [0.1, 0.15) is 16.1 Å². The Hall–Kier alpha value is -2.47. The summed E-state index contributed by atoms with van der Waals surface area (Å²) < 4.78 is 0. The molecule has 0 spiro atoms. The average Bonchev–Trinajstić information content (AvgIpc) is 2.86. The molecule has 19 heavy (non-hydrogen) atoms. The Morgan fingerprint density at radius 1 is 1.26 bits per heavy atom. The zero-order valence-corrected chi connectivity index (χ0v) is 10.7. The lowest BCUT2D eigenvalue weighted by Crippen LogP contribution is -2.12. The maximum Gasteiger partial charge on any atom is 0.268 e. The summed E-state index contributed by atoms with van der Waals surface area (Å²) in [7, 11) is 0. The molecular weight excluding hydrogens is 262 g/mol. The summed E-state index contributed by atoms with van der Waals surface area (Å²) in [6.45, 7) is 0. The van der Waals surface area contributed by atoms with E-state index in [1.54, 1.807) is 6.08 Å². The zero-order valence-electron chi connectivity index (χ0n) is 9.87. The monoisotopic (exact) mass is 273 g/mol. The molecule has 2 amide bonds. The van der Waals surface area contributed by atoms with Crippen LogP contribution in [0.25, 0.3) is 6.08 Å². The first-order chi connectivity index (χ1) is 9.15. The van der Waals surface area contributed by atoms with Gasteiger partial charge in [0.1, 0.15) is 5.69 Å². The van der Waals surface area contributed by atoms with Crippen molar-refractivity contribution in [1.29, 1.82) is 0 Å². The van der Waals surface area contributed by atoms with E-state index in [4.69, 9.17) is 5.73 Å². The molecule has 1 aromatic heterocycles. The summed E-state index contributed by atoms with van der Waals surface area (Å²) in [5, 5.41) is 4.40. The summed E-state index contributed by atoms with van der Waals surface area (Å²) >= 11 is 1.15. The maximum atomic E-state index is 11.6. The zero-order chi connectivity index (χ0) is 13.7. The fraction of sp³-hybridized carbons (Fsp3) is 0. The van der Waals surface area contributed by atoms with E-state index in [9.17, 15) is 9.59 Å². The summed E-state index contributed by atoms with van der Waals surface area (Å²) in [4.78, 5) is 26.4. The molecule has 1 heterocycles. The molecule has 6 heteroatoms. The highest BCUT2D eigenvalue weighted by molar-refractivity contribution is 7.14. The standard InChI is InChI=1S/C13H11N3O2S/c14-12(18)10-8-19-13(15-10)16-11(17)7-6-9-4-2-1-3-5-9/h1-8H,(H2,14,18)(H,15,16,17). The molecule has 0 aliphatic carbocycles. The molecule has 0 aliphatic rings. The van der Waals surface area contributed by atoms with Crippen molar-refractivity contribution in [3.63, 3.8) is 0 Å². The van der Waals surface area contributed by atoms with Crippen LogP contribution in [-0.4, -0.2) is 16.8 Å². The van der Waals surface area contributed by atoms with Gasteiger partial charge < -0.3 is 5.73 Å². The highest BCUT2D eigenvalue weighted by atomic mass is 32.1. The molecule has 96 valence electrons. The first-order valence-electron chi connectivity index (χ1n) is 5.44. The Kier molecular flexibility index (Phi) is 4.04. The number of amides is 2. The number of carbonyl (C=O) groups excluding carboxylic acids is 2. The Morgan fingerprint density at radius 2 is 2.00 bits per heavy atom. The molecule has 2 rings (SSSR count). The van der Waals surface area contributed by atoms with Gasteiger partial charge in [-0.3, -0.25) is 14.9 Å². The summed E-state index contributed by atoms with van der Waals surface area (Å²) in [6.07, 6.45) is 3.10. The van der Waals surface area contributed by atoms with Crippen molar-refractivity contribution in [1.82, 2.24) is 4.98 Å². The quantitative estimate of drug-likeness (QED) is 0.834. The normalized spacial score (nSPS) is 10.5. The highest BCUT2D eigenvalue weighted by Crippen LogP contribution is 2.14. The van der Waals surface area contributed by atoms with Crippen molar-refractivity contribution in [2.75, 3.05) is 5.32 Å². The summed E-state index contributed by atoms with van der Waals surface area (Å²) in [6, 6.07) is 9.45. The van der Waals surface area contributed by atoms with Crippen molar-refractivity contribution in [2.45, 2.75) is 0 Å². The Bertz CT molecular complexity index is 620. The van der Waals surface area contributed by atoms with E-state index in [1.165, 1.54) is 11.5 Å². The number of anilines is 1. The van der Waals surface area contributed by atoms with Crippen LogP contribution < -0.4 is 11.1 Å². The second-order valence-corrected chi connectivity index (χ2v) is 4.49. The van der Waals surface area contributed by atoms with Gasteiger partial charge in [-0.1, -0.05) is 30.3 Å². The number of nitrogens with two attached hydrogens (primary N) is 1. The van der Waals surface area contributed by atoms with Crippen LogP contribution >= 0.6 is 11.3 Å². The van der Waals surface area contributed by atoms with Gasteiger partial charge >= 0.3 is 0 Å². The van der Waals surface area contributed by atoms with Gasteiger partial charge in [0, 0.05) is 11.5 Å². The van der Waals surface area contributed by atoms with Crippen LogP contribution in [0.4, 0.5) is 5.13 Å². The first-order valence-corrected chi connectivity index (χ1v) is 6.32. The number of carbonyl (C=O) groups is 2. The third kappa shape index (κ3) is 3.75. The lowest BCUT2D eigenvalue weighted by Gasteiger charge is -1.95. The van der Waals surface area contributed by atoms with E-state index in [1.807, 2.05) is 30.3 Å². The smallest absolute Gasteiger partial charge is 0.268 e. The van der Waals surface area contributed by atoms with Gasteiger partial charge in [-0.25, -0.2) is 4.98 Å². The van der Waals surface area contributed by atoms with Crippen molar-refractivity contribution in [3.05, 3.63) is 53.0 Å². The Labute approximate surface area is 113 Å². The number of primary amides is 1. The molecule has 0 fully saturated rings. The molecule has 2 aromatic rings. The van der Waals surface area contributed by atoms with Gasteiger partial charge in [-0.15, -0.1) is 11.3 Å². The van der Waals surface area contributed by atoms with Gasteiger partial charge in [-0.2, -0.15) is 0 Å². The van der Waals surface area contributed by atoms with E-state index in [0.717, 1.165) is 16.9 Å². The predicted molar refractivity (Wildman–Crippen MR) is 74.7 cm³/mol. The van der Waals surface area contributed by atoms with Crippen LogP contribution in [-0.2, 0) is 4.79 Å². The fourth-order valence-corrected chi connectivity index (χ4v) is 2.03.